The quantitative estimate of drug-likeness (QED) is 0.876. The van der Waals surface area contributed by atoms with Crippen LogP contribution in [0, 0.1) is 17.8 Å². The third-order valence-corrected chi connectivity index (χ3v) is 5.45. The maximum atomic E-state index is 12.2. The third kappa shape index (κ3) is 2.62. The van der Waals surface area contributed by atoms with Crippen molar-refractivity contribution in [2.75, 3.05) is 6.61 Å². The number of nitrogens with zero attached hydrogens (tertiary/aromatic N) is 1. The highest BCUT2D eigenvalue weighted by atomic mass is 16.5. The van der Waals surface area contributed by atoms with Crippen LogP contribution in [0.15, 0.2) is 17.1 Å². The van der Waals surface area contributed by atoms with Gasteiger partial charge in [-0.1, -0.05) is 0 Å². The van der Waals surface area contributed by atoms with Gasteiger partial charge < -0.3 is 10.1 Å². The first-order valence-electron chi connectivity index (χ1n) is 8.09. The summed E-state index contributed by atoms with van der Waals surface area (Å²) in [5.74, 6) is 2.57. The first-order chi connectivity index (χ1) is 10.6. The maximum Gasteiger partial charge on any atom is 0.347 e. The Morgan fingerprint density at radius 2 is 1.91 bits per heavy atom. The number of hydrogen-bond donors (Lipinski definition) is 2. The van der Waals surface area contributed by atoms with Crippen molar-refractivity contribution in [2.24, 2.45) is 17.8 Å². The minimum absolute atomic E-state index is 0.000839. The van der Waals surface area contributed by atoms with Gasteiger partial charge in [-0.2, -0.15) is 0 Å². The van der Waals surface area contributed by atoms with Crippen molar-refractivity contribution < 1.29 is 9.53 Å². The molecule has 0 aromatic carbocycles. The van der Waals surface area contributed by atoms with Gasteiger partial charge in [-0.15, -0.1) is 0 Å². The summed E-state index contributed by atoms with van der Waals surface area (Å²) in [7, 11) is 0. The second-order valence-corrected chi connectivity index (χ2v) is 7.27. The molecule has 0 saturated heterocycles. The molecular weight excluding hydrogens is 282 g/mol. The average Bonchev–Trinajstić information content (AvgIpc) is 2.43. The van der Waals surface area contributed by atoms with E-state index in [0.29, 0.717) is 0 Å². The van der Waals surface area contributed by atoms with E-state index in [2.05, 4.69) is 15.3 Å². The van der Waals surface area contributed by atoms with E-state index in [4.69, 9.17) is 4.74 Å². The lowest BCUT2D eigenvalue weighted by Gasteiger charge is -2.56. The lowest BCUT2D eigenvalue weighted by molar-refractivity contribution is -0.128. The van der Waals surface area contributed by atoms with Gasteiger partial charge >= 0.3 is 5.69 Å². The van der Waals surface area contributed by atoms with Gasteiger partial charge in [0.05, 0.1) is 0 Å². The number of amides is 1. The Morgan fingerprint density at radius 3 is 2.50 bits per heavy atom. The van der Waals surface area contributed by atoms with E-state index in [1.54, 1.807) is 6.07 Å². The zero-order chi connectivity index (χ0) is 15.2. The number of nitrogens with one attached hydrogen (secondary N) is 2. The number of rotatable bonds is 4. The van der Waals surface area contributed by atoms with E-state index in [0.717, 1.165) is 37.0 Å². The van der Waals surface area contributed by atoms with Crippen LogP contribution in [0.25, 0.3) is 0 Å². The van der Waals surface area contributed by atoms with Gasteiger partial charge in [-0.3, -0.25) is 9.78 Å². The number of aromatic amines is 1. The number of carbonyl (C=O) groups is 1. The van der Waals surface area contributed by atoms with Crippen LogP contribution >= 0.6 is 0 Å². The minimum Gasteiger partial charge on any atom is -0.469 e. The van der Waals surface area contributed by atoms with Crippen molar-refractivity contribution in [1.82, 2.24) is 15.3 Å². The SMILES string of the molecule is O=C(COc1ccnc(=O)[nH]1)NC12CC3CC(CC(C3)C1)C2. The Labute approximate surface area is 128 Å². The van der Waals surface area contributed by atoms with Crippen molar-refractivity contribution in [3.63, 3.8) is 0 Å². The van der Waals surface area contributed by atoms with Gasteiger partial charge in [0.15, 0.2) is 12.5 Å². The molecule has 5 rings (SSSR count). The topological polar surface area (TPSA) is 84.1 Å². The molecule has 4 aliphatic rings. The standard InChI is InChI=1S/C16H21N3O3/c20-13(9-22-14-1-2-17-15(21)18-14)19-16-6-10-3-11(7-16)5-12(4-10)8-16/h1-2,10-12H,3-9H2,(H,19,20)(H,17,18,21). The minimum atomic E-state index is -0.473. The summed E-state index contributed by atoms with van der Waals surface area (Å²) in [5.41, 5.74) is -0.472. The Bertz CT molecular complexity index is 604. The molecule has 1 heterocycles. The predicted molar refractivity (Wildman–Crippen MR) is 79.4 cm³/mol. The molecule has 6 nitrogen and oxygen atoms in total. The molecule has 1 amide bonds. The van der Waals surface area contributed by atoms with Gasteiger partial charge in [-0.25, -0.2) is 9.78 Å². The van der Waals surface area contributed by atoms with E-state index in [-0.39, 0.29) is 23.9 Å². The van der Waals surface area contributed by atoms with Crippen LogP contribution in [0.1, 0.15) is 38.5 Å². The average molecular weight is 303 g/mol. The first-order valence-corrected chi connectivity index (χ1v) is 8.09. The van der Waals surface area contributed by atoms with Crippen LogP contribution in [-0.2, 0) is 4.79 Å². The molecular formula is C16H21N3O3. The van der Waals surface area contributed by atoms with E-state index in [1.807, 2.05) is 0 Å². The first kappa shape index (κ1) is 13.8. The summed E-state index contributed by atoms with van der Waals surface area (Å²) in [6, 6.07) is 1.54. The van der Waals surface area contributed by atoms with Crippen LogP contribution in [0.5, 0.6) is 5.88 Å². The van der Waals surface area contributed by atoms with E-state index in [9.17, 15) is 9.59 Å². The number of carbonyl (C=O) groups excluding carboxylic acids is 1. The molecule has 6 heteroatoms. The van der Waals surface area contributed by atoms with Crippen molar-refractivity contribution in [2.45, 2.75) is 44.1 Å². The summed E-state index contributed by atoms with van der Waals surface area (Å²) in [6.45, 7) is -0.0678. The highest BCUT2D eigenvalue weighted by Crippen LogP contribution is 2.55. The van der Waals surface area contributed by atoms with Gasteiger partial charge in [0.25, 0.3) is 5.91 Å². The fraction of sp³-hybridized carbons (Fsp3) is 0.688. The van der Waals surface area contributed by atoms with Crippen LogP contribution in [0.2, 0.25) is 0 Å². The van der Waals surface area contributed by atoms with Gasteiger partial charge in [-0.05, 0) is 56.3 Å². The Kier molecular flexibility index (Phi) is 3.20. The number of hydrogen-bond acceptors (Lipinski definition) is 4. The van der Waals surface area contributed by atoms with E-state index >= 15 is 0 Å². The Balaban J connectivity index is 1.37. The van der Waals surface area contributed by atoms with Crippen LogP contribution < -0.4 is 15.7 Å². The molecule has 0 radical (unpaired) electrons. The molecule has 22 heavy (non-hydrogen) atoms. The van der Waals surface area contributed by atoms with Gasteiger partial charge in [0, 0.05) is 17.8 Å². The molecule has 0 unspecified atom stereocenters. The molecule has 1 aromatic rings. The molecule has 4 fully saturated rings. The zero-order valence-corrected chi connectivity index (χ0v) is 12.5. The second-order valence-electron chi connectivity index (χ2n) is 7.27. The number of H-pyrrole nitrogens is 1. The second kappa shape index (κ2) is 5.11. The van der Waals surface area contributed by atoms with Crippen LogP contribution in [0.4, 0.5) is 0 Å². The van der Waals surface area contributed by atoms with Crippen LogP contribution in [0.3, 0.4) is 0 Å². The van der Waals surface area contributed by atoms with Crippen molar-refractivity contribution in [3.05, 3.63) is 22.7 Å². The zero-order valence-electron chi connectivity index (χ0n) is 12.5. The summed E-state index contributed by atoms with van der Waals surface area (Å²) >= 11 is 0. The van der Waals surface area contributed by atoms with Crippen molar-refractivity contribution in [1.29, 1.82) is 0 Å². The highest BCUT2D eigenvalue weighted by molar-refractivity contribution is 5.78. The molecule has 0 atom stereocenters. The molecule has 4 saturated carbocycles. The summed E-state index contributed by atoms with van der Waals surface area (Å²) in [4.78, 5) is 29.3. The van der Waals surface area contributed by atoms with E-state index < -0.39 is 5.69 Å². The monoisotopic (exact) mass is 303 g/mol. The highest BCUT2D eigenvalue weighted by Gasteiger charge is 2.51. The van der Waals surface area contributed by atoms with Crippen molar-refractivity contribution >= 4 is 5.91 Å². The Morgan fingerprint density at radius 1 is 1.27 bits per heavy atom. The maximum absolute atomic E-state index is 12.2. The third-order valence-electron chi connectivity index (χ3n) is 5.45. The molecule has 0 spiro atoms. The molecule has 4 aliphatic carbocycles. The lowest BCUT2D eigenvalue weighted by atomic mass is 9.53. The summed E-state index contributed by atoms with van der Waals surface area (Å²) in [6.07, 6.45) is 8.78. The lowest BCUT2D eigenvalue weighted by Crippen LogP contribution is -2.60. The predicted octanol–water partition coefficient (Wildman–Crippen LogP) is 1.23. The molecule has 4 bridgehead atoms. The molecule has 2 N–H and O–H groups in total. The molecule has 1 aromatic heterocycles. The fourth-order valence-electron chi connectivity index (χ4n) is 5.18. The fourth-order valence-corrected chi connectivity index (χ4v) is 5.18. The van der Waals surface area contributed by atoms with E-state index in [1.165, 1.54) is 25.5 Å². The van der Waals surface area contributed by atoms with Crippen molar-refractivity contribution in [3.8, 4) is 5.88 Å². The number of aromatic nitrogens is 2. The normalized spacial score (nSPS) is 35.4. The summed E-state index contributed by atoms with van der Waals surface area (Å²) < 4.78 is 5.35. The molecule has 0 aliphatic heterocycles. The van der Waals surface area contributed by atoms with Gasteiger partial charge in [0.2, 0.25) is 0 Å². The van der Waals surface area contributed by atoms with Gasteiger partial charge in [0.1, 0.15) is 0 Å². The van der Waals surface area contributed by atoms with Crippen LogP contribution in [-0.4, -0.2) is 28.0 Å². The largest absolute Gasteiger partial charge is 0.469 e. The number of ether oxygens (including phenoxy) is 1. The smallest absolute Gasteiger partial charge is 0.347 e. The summed E-state index contributed by atoms with van der Waals surface area (Å²) in [5, 5.41) is 3.24. The Hall–Kier alpha value is -1.85. The molecule has 118 valence electrons.